The number of cyclic esters (lactones) is 1. The number of nitrogens with one attached hydrogen (secondary N) is 1. The first-order valence-electron chi connectivity index (χ1n) is 7.72. The number of fused-ring (bicyclic) bond motifs is 1. The maximum atomic E-state index is 12.6. The highest BCUT2D eigenvalue weighted by Crippen LogP contribution is 2.26. The van der Waals surface area contributed by atoms with Gasteiger partial charge in [-0.3, -0.25) is 9.89 Å². The molecule has 25 heavy (non-hydrogen) atoms. The Morgan fingerprint density at radius 1 is 1.08 bits per heavy atom. The summed E-state index contributed by atoms with van der Waals surface area (Å²) in [5.74, 6) is -0.328. The molecule has 2 aromatic carbocycles. The van der Waals surface area contributed by atoms with Gasteiger partial charge in [-0.1, -0.05) is 18.2 Å². The fourth-order valence-corrected chi connectivity index (χ4v) is 2.70. The van der Waals surface area contributed by atoms with Crippen molar-refractivity contribution in [2.45, 2.75) is 13.5 Å². The number of carbonyl (C=O) groups excluding carboxylic acids is 1. The van der Waals surface area contributed by atoms with Gasteiger partial charge in [-0.2, -0.15) is 5.11 Å². The summed E-state index contributed by atoms with van der Waals surface area (Å²) in [4.78, 5) is 24.0. The fraction of sp³-hybridized carbons (Fsp3) is 0.111. The number of aryl methyl sites for hydroxylation is 1. The van der Waals surface area contributed by atoms with E-state index < -0.39 is 0 Å². The van der Waals surface area contributed by atoms with Gasteiger partial charge in [0, 0.05) is 5.56 Å². The van der Waals surface area contributed by atoms with Crippen molar-refractivity contribution in [3.8, 4) is 5.69 Å². The molecule has 3 aromatic rings. The molecule has 1 aliphatic heterocycles. The first-order valence-corrected chi connectivity index (χ1v) is 7.72. The van der Waals surface area contributed by atoms with Gasteiger partial charge in [-0.25, -0.2) is 9.48 Å². The summed E-state index contributed by atoms with van der Waals surface area (Å²) in [6.45, 7) is 2.01. The first kappa shape index (κ1) is 15.1. The largest absolute Gasteiger partial charge is 0.457 e. The zero-order valence-electron chi connectivity index (χ0n) is 13.4. The number of nitrogens with zero attached hydrogens (tertiary/aromatic N) is 3. The molecule has 0 saturated carbocycles. The lowest BCUT2D eigenvalue weighted by molar-refractivity contribution is 0.0535. The summed E-state index contributed by atoms with van der Waals surface area (Å²) in [6.07, 6.45) is 0. The van der Waals surface area contributed by atoms with Crippen molar-refractivity contribution in [2.75, 3.05) is 0 Å². The van der Waals surface area contributed by atoms with Gasteiger partial charge in [0.2, 0.25) is 0 Å². The standard InChI is InChI=1S/C18H14N4O3/c1-11-16(17(23)22(21-11)14-5-3-2-4-6-14)20-19-13-7-8-15-12(9-13)10-25-18(15)24/h2-9,21H,10H2,1H3. The molecule has 0 saturated heterocycles. The smallest absolute Gasteiger partial charge is 0.338 e. The second kappa shape index (κ2) is 5.86. The Morgan fingerprint density at radius 2 is 1.88 bits per heavy atom. The number of hydrogen-bond acceptors (Lipinski definition) is 5. The highest BCUT2D eigenvalue weighted by molar-refractivity contribution is 5.93. The SMILES string of the molecule is Cc1[nH]n(-c2ccccc2)c(=O)c1N=Nc1ccc2c(c1)COC2=O. The van der Waals surface area contributed by atoms with Gasteiger partial charge >= 0.3 is 5.97 Å². The maximum Gasteiger partial charge on any atom is 0.338 e. The topological polar surface area (TPSA) is 88.8 Å². The van der Waals surface area contributed by atoms with Gasteiger partial charge in [0.05, 0.1) is 22.6 Å². The van der Waals surface area contributed by atoms with Crippen LogP contribution in [-0.4, -0.2) is 15.7 Å². The molecule has 0 unspecified atom stereocenters. The van der Waals surface area contributed by atoms with Gasteiger partial charge in [0.1, 0.15) is 6.61 Å². The molecule has 1 aliphatic rings. The van der Waals surface area contributed by atoms with E-state index in [4.69, 9.17) is 4.74 Å². The van der Waals surface area contributed by atoms with E-state index in [1.807, 2.05) is 30.3 Å². The van der Waals surface area contributed by atoms with Crippen LogP contribution in [0.15, 0.2) is 63.6 Å². The summed E-state index contributed by atoms with van der Waals surface area (Å²) in [7, 11) is 0. The third-order valence-corrected chi connectivity index (χ3v) is 3.99. The van der Waals surface area contributed by atoms with Crippen LogP contribution in [0.4, 0.5) is 11.4 Å². The molecule has 124 valence electrons. The molecular formula is C18H14N4O3. The van der Waals surface area contributed by atoms with E-state index in [1.54, 1.807) is 25.1 Å². The van der Waals surface area contributed by atoms with Crippen LogP contribution in [0.5, 0.6) is 0 Å². The number of carbonyl (C=O) groups is 1. The van der Waals surface area contributed by atoms with E-state index in [0.29, 0.717) is 16.9 Å². The molecule has 1 aromatic heterocycles. The zero-order chi connectivity index (χ0) is 17.4. The second-order valence-electron chi connectivity index (χ2n) is 5.68. The lowest BCUT2D eigenvalue weighted by atomic mass is 10.1. The summed E-state index contributed by atoms with van der Waals surface area (Å²) in [5, 5.41) is 11.2. The number of azo groups is 1. The van der Waals surface area contributed by atoms with Crippen molar-refractivity contribution < 1.29 is 9.53 Å². The van der Waals surface area contributed by atoms with Crippen molar-refractivity contribution in [3.05, 3.63) is 75.7 Å². The number of aromatic amines is 1. The predicted octanol–water partition coefficient (Wildman–Crippen LogP) is 3.56. The Kier molecular flexibility index (Phi) is 3.53. The Morgan fingerprint density at radius 3 is 2.68 bits per heavy atom. The van der Waals surface area contributed by atoms with Crippen LogP contribution in [0.3, 0.4) is 0 Å². The minimum absolute atomic E-state index is 0.238. The van der Waals surface area contributed by atoms with Gasteiger partial charge in [0.15, 0.2) is 5.69 Å². The van der Waals surface area contributed by atoms with Crippen molar-refractivity contribution in [3.63, 3.8) is 0 Å². The Balaban J connectivity index is 1.68. The van der Waals surface area contributed by atoms with Crippen LogP contribution in [0.2, 0.25) is 0 Å². The van der Waals surface area contributed by atoms with Crippen LogP contribution >= 0.6 is 0 Å². The van der Waals surface area contributed by atoms with Crippen molar-refractivity contribution >= 4 is 17.3 Å². The molecule has 0 atom stereocenters. The number of H-pyrrole nitrogens is 1. The third kappa shape index (κ3) is 2.65. The van der Waals surface area contributed by atoms with Gasteiger partial charge in [-0.05, 0) is 37.3 Å². The van der Waals surface area contributed by atoms with E-state index in [9.17, 15) is 9.59 Å². The van der Waals surface area contributed by atoms with E-state index >= 15 is 0 Å². The van der Waals surface area contributed by atoms with E-state index in [2.05, 4.69) is 15.3 Å². The van der Waals surface area contributed by atoms with E-state index in [0.717, 1.165) is 11.3 Å². The lowest BCUT2D eigenvalue weighted by Crippen LogP contribution is -2.13. The van der Waals surface area contributed by atoms with Crippen LogP contribution in [0.1, 0.15) is 21.6 Å². The van der Waals surface area contributed by atoms with E-state index in [1.165, 1.54) is 4.68 Å². The molecule has 0 amide bonds. The number of aromatic nitrogens is 2. The van der Waals surface area contributed by atoms with Crippen molar-refractivity contribution in [1.82, 2.24) is 9.78 Å². The molecule has 2 heterocycles. The first-order chi connectivity index (χ1) is 12.1. The van der Waals surface area contributed by atoms with Gasteiger partial charge < -0.3 is 4.74 Å². The van der Waals surface area contributed by atoms with Crippen molar-refractivity contribution in [2.24, 2.45) is 10.2 Å². The van der Waals surface area contributed by atoms with Crippen molar-refractivity contribution in [1.29, 1.82) is 0 Å². The maximum absolute atomic E-state index is 12.6. The summed E-state index contributed by atoms with van der Waals surface area (Å²) < 4.78 is 6.39. The molecule has 7 heteroatoms. The average Bonchev–Trinajstić information content (AvgIpc) is 3.14. The van der Waals surface area contributed by atoms with Gasteiger partial charge in [0.25, 0.3) is 5.56 Å². The monoisotopic (exact) mass is 334 g/mol. The molecule has 7 nitrogen and oxygen atoms in total. The summed E-state index contributed by atoms with van der Waals surface area (Å²) >= 11 is 0. The molecular weight excluding hydrogens is 320 g/mol. The predicted molar refractivity (Wildman–Crippen MR) is 90.9 cm³/mol. The van der Waals surface area contributed by atoms with E-state index in [-0.39, 0.29) is 23.8 Å². The van der Waals surface area contributed by atoms with Crippen LogP contribution < -0.4 is 5.56 Å². The number of hydrogen-bond donors (Lipinski definition) is 1. The molecule has 0 radical (unpaired) electrons. The number of rotatable bonds is 3. The number of benzene rings is 2. The fourth-order valence-electron chi connectivity index (χ4n) is 2.70. The molecule has 1 N–H and O–H groups in total. The summed E-state index contributed by atoms with van der Waals surface area (Å²) in [5.41, 5.74) is 3.20. The normalized spacial score (nSPS) is 13.2. The molecule has 0 aliphatic carbocycles. The minimum Gasteiger partial charge on any atom is -0.457 e. The second-order valence-corrected chi connectivity index (χ2v) is 5.68. The highest BCUT2D eigenvalue weighted by Gasteiger charge is 2.21. The Bertz CT molecular complexity index is 1050. The summed E-state index contributed by atoms with van der Waals surface area (Å²) in [6, 6.07) is 14.3. The highest BCUT2D eigenvalue weighted by atomic mass is 16.5. The third-order valence-electron chi connectivity index (χ3n) is 3.99. The van der Waals surface area contributed by atoms with Gasteiger partial charge in [-0.15, -0.1) is 5.11 Å². The van der Waals surface area contributed by atoms with Crippen LogP contribution in [-0.2, 0) is 11.3 Å². The number of ether oxygens (including phenoxy) is 1. The molecule has 0 fully saturated rings. The molecule has 0 spiro atoms. The zero-order valence-corrected chi connectivity index (χ0v) is 13.4. The molecule has 4 rings (SSSR count). The number of para-hydroxylation sites is 1. The average molecular weight is 334 g/mol. The Hall–Kier alpha value is -3.48. The van der Waals surface area contributed by atoms with Crippen LogP contribution in [0.25, 0.3) is 5.69 Å². The number of esters is 1. The lowest BCUT2D eigenvalue weighted by Gasteiger charge is -1.99. The minimum atomic E-state index is -0.328. The molecule has 0 bridgehead atoms. The van der Waals surface area contributed by atoms with Crippen LogP contribution in [0, 0.1) is 6.92 Å². The Labute approximate surface area is 142 Å². The quantitative estimate of drug-likeness (QED) is 0.586.